The van der Waals surface area contributed by atoms with Crippen LogP contribution in [0.25, 0.3) is 0 Å². The highest BCUT2D eigenvalue weighted by molar-refractivity contribution is 5.82. The number of benzene rings is 1. The molecular formula is C17H25F3N2O3. The van der Waals surface area contributed by atoms with Gasteiger partial charge in [-0.3, -0.25) is 4.79 Å². The van der Waals surface area contributed by atoms with Crippen molar-refractivity contribution in [3.8, 4) is 5.75 Å². The van der Waals surface area contributed by atoms with Crippen LogP contribution in [0.5, 0.6) is 5.75 Å². The Kier molecular flexibility index (Phi) is 6.84. The summed E-state index contributed by atoms with van der Waals surface area (Å²) in [6.07, 6.45) is -5.41. The second-order valence-electron chi connectivity index (χ2n) is 7.05. The van der Waals surface area contributed by atoms with Crippen LogP contribution in [0.1, 0.15) is 26.3 Å². The third-order valence-corrected chi connectivity index (χ3v) is 3.68. The third-order valence-electron chi connectivity index (χ3n) is 3.68. The van der Waals surface area contributed by atoms with E-state index in [0.717, 1.165) is 12.1 Å². The van der Waals surface area contributed by atoms with Gasteiger partial charge in [-0.05, 0) is 29.7 Å². The quantitative estimate of drug-likeness (QED) is 0.814. The van der Waals surface area contributed by atoms with Crippen molar-refractivity contribution in [2.45, 2.75) is 39.1 Å². The van der Waals surface area contributed by atoms with Crippen LogP contribution in [-0.2, 0) is 11.0 Å². The fraction of sp³-hybridized carbons (Fsp3) is 0.588. The van der Waals surface area contributed by atoms with Gasteiger partial charge in [0.25, 0.3) is 0 Å². The van der Waals surface area contributed by atoms with E-state index >= 15 is 0 Å². The molecule has 0 aromatic heterocycles. The first-order valence-corrected chi connectivity index (χ1v) is 7.81. The lowest BCUT2D eigenvalue weighted by Gasteiger charge is -2.30. The van der Waals surface area contributed by atoms with E-state index in [1.807, 2.05) is 20.8 Å². The molecule has 0 aliphatic rings. The molecule has 1 aromatic rings. The Hall–Kier alpha value is -1.80. The number of hydrogen-bond acceptors (Lipinski definition) is 4. The zero-order valence-electron chi connectivity index (χ0n) is 14.8. The Morgan fingerprint density at radius 1 is 1.24 bits per heavy atom. The molecular weight excluding hydrogens is 337 g/mol. The Bertz CT molecular complexity index is 568. The van der Waals surface area contributed by atoms with Crippen LogP contribution in [0.2, 0.25) is 0 Å². The van der Waals surface area contributed by atoms with Crippen LogP contribution in [0, 0.1) is 5.41 Å². The molecule has 0 radical (unpaired) electrons. The highest BCUT2D eigenvalue weighted by Crippen LogP contribution is 2.30. The number of carbonyl (C=O) groups excluding carboxylic acids is 1. The summed E-state index contributed by atoms with van der Waals surface area (Å²) < 4.78 is 42.7. The van der Waals surface area contributed by atoms with Crippen molar-refractivity contribution in [1.82, 2.24) is 4.90 Å². The van der Waals surface area contributed by atoms with Gasteiger partial charge in [0.15, 0.2) is 0 Å². The van der Waals surface area contributed by atoms with Crippen LogP contribution >= 0.6 is 0 Å². The molecule has 0 saturated heterocycles. The first-order valence-electron chi connectivity index (χ1n) is 7.81. The van der Waals surface area contributed by atoms with Crippen molar-refractivity contribution < 1.29 is 27.8 Å². The SMILES string of the molecule is CN(CC(O)COc1ccc(C(F)(F)F)cc1)C(=O)[C@@H](N)C(C)(C)C. The van der Waals surface area contributed by atoms with Crippen molar-refractivity contribution in [3.05, 3.63) is 29.8 Å². The van der Waals surface area contributed by atoms with Gasteiger partial charge < -0.3 is 20.5 Å². The standard InChI is InChI=1S/C17H25F3N2O3/c1-16(2,3)14(21)15(24)22(4)9-12(23)10-25-13-7-5-11(6-8-13)17(18,19)20/h5-8,12,14,23H,9-10,21H2,1-4H3/t12?,14-/m1/s1. The minimum absolute atomic E-state index is 0.00322. The number of aliphatic hydroxyl groups excluding tert-OH is 1. The highest BCUT2D eigenvalue weighted by Gasteiger charge is 2.31. The maximum absolute atomic E-state index is 12.5. The number of nitrogens with two attached hydrogens (primary N) is 1. The van der Waals surface area contributed by atoms with E-state index in [2.05, 4.69) is 0 Å². The number of ether oxygens (including phenoxy) is 1. The Morgan fingerprint density at radius 3 is 2.20 bits per heavy atom. The molecule has 1 amide bonds. The molecule has 3 N–H and O–H groups in total. The number of alkyl halides is 3. The minimum Gasteiger partial charge on any atom is -0.491 e. The maximum atomic E-state index is 12.5. The summed E-state index contributed by atoms with van der Waals surface area (Å²) in [5.41, 5.74) is 4.70. The largest absolute Gasteiger partial charge is 0.491 e. The number of carbonyl (C=O) groups is 1. The van der Waals surface area contributed by atoms with Gasteiger partial charge in [-0.2, -0.15) is 13.2 Å². The molecule has 1 rings (SSSR count). The number of rotatable bonds is 6. The first kappa shape index (κ1) is 21.2. The van der Waals surface area contributed by atoms with E-state index in [-0.39, 0.29) is 24.8 Å². The van der Waals surface area contributed by atoms with Crippen LogP contribution < -0.4 is 10.5 Å². The number of amides is 1. The first-order chi connectivity index (χ1) is 11.3. The average molecular weight is 362 g/mol. The molecule has 0 spiro atoms. The summed E-state index contributed by atoms with van der Waals surface area (Å²) in [4.78, 5) is 13.5. The minimum atomic E-state index is -4.41. The topological polar surface area (TPSA) is 75.8 Å². The Labute approximate surface area is 145 Å². The Morgan fingerprint density at radius 2 is 1.76 bits per heavy atom. The van der Waals surface area contributed by atoms with Crippen molar-refractivity contribution in [2.24, 2.45) is 11.1 Å². The van der Waals surface area contributed by atoms with E-state index in [1.54, 1.807) is 0 Å². The van der Waals surface area contributed by atoms with Gasteiger partial charge in [-0.25, -0.2) is 0 Å². The molecule has 0 aliphatic heterocycles. The van der Waals surface area contributed by atoms with Gasteiger partial charge in [0.05, 0.1) is 11.6 Å². The number of likely N-dealkylation sites (N-methyl/N-ethyl adjacent to an activating group) is 1. The number of aliphatic hydroxyl groups is 1. The summed E-state index contributed by atoms with van der Waals surface area (Å²) in [6, 6.07) is 3.46. The summed E-state index contributed by atoms with van der Waals surface area (Å²) in [5, 5.41) is 9.96. The van der Waals surface area contributed by atoms with Crippen molar-refractivity contribution in [3.63, 3.8) is 0 Å². The maximum Gasteiger partial charge on any atom is 0.416 e. The monoisotopic (exact) mass is 362 g/mol. The zero-order valence-corrected chi connectivity index (χ0v) is 14.8. The highest BCUT2D eigenvalue weighted by atomic mass is 19.4. The number of nitrogens with zero attached hydrogens (tertiary/aromatic N) is 1. The van der Waals surface area contributed by atoms with Gasteiger partial charge in [-0.1, -0.05) is 20.8 Å². The van der Waals surface area contributed by atoms with Crippen LogP contribution in [0.4, 0.5) is 13.2 Å². The van der Waals surface area contributed by atoms with Crippen molar-refractivity contribution >= 4 is 5.91 Å². The van der Waals surface area contributed by atoms with Gasteiger partial charge in [-0.15, -0.1) is 0 Å². The summed E-state index contributed by atoms with van der Waals surface area (Å²) in [7, 11) is 1.52. The second-order valence-corrected chi connectivity index (χ2v) is 7.05. The number of halogens is 3. The van der Waals surface area contributed by atoms with Crippen molar-refractivity contribution in [1.29, 1.82) is 0 Å². The molecule has 142 valence electrons. The van der Waals surface area contributed by atoms with Gasteiger partial charge in [0.1, 0.15) is 18.5 Å². The molecule has 0 fully saturated rings. The molecule has 0 heterocycles. The van der Waals surface area contributed by atoms with Crippen LogP contribution in [-0.4, -0.2) is 48.3 Å². The fourth-order valence-corrected chi connectivity index (χ4v) is 2.00. The third kappa shape index (κ3) is 6.55. The molecule has 5 nitrogen and oxygen atoms in total. The normalized spacial score (nSPS) is 14.8. The van der Waals surface area contributed by atoms with E-state index in [4.69, 9.17) is 10.5 Å². The predicted molar refractivity (Wildman–Crippen MR) is 88.0 cm³/mol. The summed E-state index contributed by atoms with van der Waals surface area (Å²) in [6.45, 7) is 5.37. The Balaban J connectivity index is 2.52. The average Bonchev–Trinajstić information content (AvgIpc) is 2.50. The zero-order chi connectivity index (χ0) is 19.4. The lowest BCUT2D eigenvalue weighted by Crippen LogP contribution is -2.51. The number of hydrogen-bond donors (Lipinski definition) is 2. The second kappa shape index (κ2) is 8.05. The molecule has 1 aromatic carbocycles. The smallest absolute Gasteiger partial charge is 0.416 e. The molecule has 2 atom stereocenters. The van der Waals surface area contributed by atoms with Crippen LogP contribution in [0.3, 0.4) is 0 Å². The molecule has 0 saturated carbocycles. The lowest BCUT2D eigenvalue weighted by atomic mass is 9.86. The molecule has 8 heteroatoms. The van der Waals surface area contributed by atoms with E-state index < -0.39 is 29.3 Å². The summed E-state index contributed by atoms with van der Waals surface area (Å²) in [5.74, 6) is -0.103. The molecule has 0 bridgehead atoms. The van der Waals surface area contributed by atoms with E-state index in [9.17, 15) is 23.1 Å². The van der Waals surface area contributed by atoms with E-state index in [1.165, 1.54) is 24.1 Å². The van der Waals surface area contributed by atoms with Gasteiger partial charge >= 0.3 is 6.18 Å². The van der Waals surface area contributed by atoms with Gasteiger partial charge in [0.2, 0.25) is 5.91 Å². The summed E-state index contributed by atoms with van der Waals surface area (Å²) >= 11 is 0. The van der Waals surface area contributed by atoms with E-state index in [0.29, 0.717) is 0 Å². The molecule has 0 aliphatic carbocycles. The van der Waals surface area contributed by atoms with Gasteiger partial charge in [0, 0.05) is 13.6 Å². The lowest BCUT2D eigenvalue weighted by molar-refractivity contribution is -0.137. The predicted octanol–water partition coefficient (Wildman–Crippen LogP) is 2.28. The fourth-order valence-electron chi connectivity index (χ4n) is 2.00. The molecule has 25 heavy (non-hydrogen) atoms. The van der Waals surface area contributed by atoms with Crippen LogP contribution in [0.15, 0.2) is 24.3 Å². The van der Waals surface area contributed by atoms with Crippen molar-refractivity contribution in [2.75, 3.05) is 20.2 Å². The molecule has 1 unspecified atom stereocenters.